The van der Waals surface area contributed by atoms with Gasteiger partial charge in [0, 0.05) is 4.47 Å². The normalized spacial score (nSPS) is 11.7. The summed E-state index contributed by atoms with van der Waals surface area (Å²) < 4.78 is 5.71. The molecule has 1 atom stereocenters. The molecule has 4 nitrogen and oxygen atoms in total. The van der Waals surface area contributed by atoms with Crippen LogP contribution >= 0.6 is 15.9 Å². The van der Waals surface area contributed by atoms with Gasteiger partial charge in [0.25, 0.3) is 5.91 Å². The van der Waals surface area contributed by atoms with E-state index in [-0.39, 0.29) is 18.6 Å². The highest BCUT2D eigenvalue weighted by atomic mass is 79.9. The average molecular weight is 390 g/mol. The lowest BCUT2D eigenvalue weighted by Crippen LogP contribution is -2.31. The van der Waals surface area contributed by atoms with E-state index in [9.17, 15) is 9.59 Å². The zero-order valence-corrected chi connectivity index (χ0v) is 15.5. The van der Waals surface area contributed by atoms with Crippen LogP contribution in [0, 0.1) is 13.8 Å². The lowest BCUT2D eigenvalue weighted by molar-refractivity contribution is -0.124. The van der Waals surface area contributed by atoms with E-state index >= 15 is 0 Å². The van der Waals surface area contributed by atoms with E-state index in [0.717, 1.165) is 5.56 Å². The smallest absolute Gasteiger partial charge is 0.339 e. The van der Waals surface area contributed by atoms with Gasteiger partial charge in [0.05, 0.1) is 11.6 Å². The molecule has 0 aliphatic heterocycles. The summed E-state index contributed by atoms with van der Waals surface area (Å²) >= 11 is 3.29. The zero-order valence-electron chi connectivity index (χ0n) is 13.9. The first-order chi connectivity index (χ1) is 11.4. The van der Waals surface area contributed by atoms with Crippen LogP contribution in [-0.4, -0.2) is 18.5 Å². The molecule has 1 amide bonds. The summed E-state index contributed by atoms with van der Waals surface area (Å²) in [6, 6.07) is 12.8. The molecule has 0 aliphatic rings. The number of carbonyl (C=O) groups excluding carboxylic acids is 2. The van der Waals surface area contributed by atoms with E-state index in [1.54, 1.807) is 24.3 Å². The summed E-state index contributed by atoms with van der Waals surface area (Å²) in [5, 5.41) is 2.84. The number of rotatable bonds is 5. The Kier molecular flexibility index (Phi) is 6.15. The maximum absolute atomic E-state index is 12.0. The lowest BCUT2D eigenvalue weighted by Gasteiger charge is -2.16. The largest absolute Gasteiger partial charge is 0.452 e. The van der Waals surface area contributed by atoms with Crippen molar-refractivity contribution in [2.24, 2.45) is 0 Å². The topological polar surface area (TPSA) is 55.4 Å². The van der Waals surface area contributed by atoms with Gasteiger partial charge in [-0.3, -0.25) is 4.79 Å². The highest BCUT2D eigenvalue weighted by Gasteiger charge is 2.15. The Balaban J connectivity index is 1.90. The molecule has 0 aromatic heterocycles. The first-order valence-corrected chi connectivity index (χ1v) is 8.46. The van der Waals surface area contributed by atoms with Gasteiger partial charge < -0.3 is 10.1 Å². The van der Waals surface area contributed by atoms with Crippen LogP contribution in [0.1, 0.15) is 40.0 Å². The first-order valence-electron chi connectivity index (χ1n) is 7.66. The van der Waals surface area contributed by atoms with Gasteiger partial charge in [0.15, 0.2) is 6.61 Å². The molecule has 126 valence electrons. The summed E-state index contributed by atoms with van der Waals surface area (Å²) in [5.74, 6) is -0.863. The maximum Gasteiger partial charge on any atom is 0.339 e. The molecule has 0 radical (unpaired) electrons. The SMILES string of the molecule is Cc1ccc(C(C)NC(=O)COC(=O)c2ccccc2Br)cc1C. The molecule has 0 saturated carbocycles. The van der Waals surface area contributed by atoms with Crippen LogP contribution in [0.5, 0.6) is 0 Å². The van der Waals surface area contributed by atoms with E-state index in [4.69, 9.17) is 4.74 Å². The molecule has 0 heterocycles. The average Bonchev–Trinajstić information content (AvgIpc) is 2.55. The summed E-state index contributed by atoms with van der Waals surface area (Å²) in [6.07, 6.45) is 0. The van der Waals surface area contributed by atoms with Crippen LogP contribution < -0.4 is 5.32 Å². The van der Waals surface area contributed by atoms with Crippen molar-refractivity contribution in [2.45, 2.75) is 26.8 Å². The standard InChI is InChI=1S/C19H20BrNO3/c1-12-8-9-15(10-13(12)2)14(3)21-18(22)11-24-19(23)16-6-4-5-7-17(16)20/h4-10,14H,11H2,1-3H3,(H,21,22). The van der Waals surface area contributed by atoms with Crippen molar-refractivity contribution in [1.82, 2.24) is 5.32 Å². The second-order valence-electron chi connectivity index (χ2n) is 5.69. The molecule has 0 bridgehead atoms. The molecule has 2 aromatic rings. The van der Waals surface area contributed by atoms with Crippen LogP contribution in [0.3, 0.4) is 0 Å². The van der Waals surface area contributed by atoms with Gasteiger partial charge in [-0.05, 0) is 65.5 Å². The van der Waals surface area contributed by atoms with Crippen LogP contribution in [0.4, 0.5) is 0 Å². The van der Waals surface area contributed by atoms with E-state index in [1.807, 2.05) is 39.0 Å². The molecule has 0 spiro atoms. The number of hydrogen-bond acceptors (Lipinski definition) is 3. The summed E-state index contributed by atoms with van der Waals surface area (Å²) in [5.41, 5.74) is 3.80. The lowest BCUT2D eigenvalue weighted by atomic mass is 10.0. The Bertz CT molecular complexity index is 758. The number of benzene rings is 2. The van der Waals surface area contributed by atoms with Gasteiger partial charge in [-0.25, -0.2) is 4.79 Å². The van der Waals surface area contributed by atoms with Crippen molar-refractivity contribution in [3.63, 3.8) is 0 Å². The summed E-state index contributed by atoms with van der Waals surface area (Å²) in [4.78, 5) is 24.0. The van der Waals surface area contributed by atoms with E-state index in [0.29, 0.717) is 10.0 Å². The van der Waals surface area contributed by atoms with Gasteiger partial charge in [-0.15, -0.1) is 0 Å². The number of hydrogen-bond donors (Lipinski definition) is 1. The Labute approximate surface area is 150 Å². The van der Waals surface area contributed by atoms with Crippen molar-refractivity contribution >= 4 is 27.8 Å². The number of halogens is 1. The monoisotopic (exact) mass is 389 g/mol. The van der Waals surface area contributed by atoms with Crippen LogP contribution in [0.25, 0.3) is 0 Å². The van der Waals surface area contributed by atoms with E-state index in [2.05, 4.69) is 21.2 Å². The fourth-order valence-electron chi connectivity index (χ4n) is 2.24. The van der Waals surface area contributed by atoms with Crippen LogP contribution in [0.15, 0.2) is 46.9 Å². The molecule has 2 rings (SSSR count). The van der Waals surface area contributed by atoms with Crippen molar-refractivity contribution in [2.75, 3.05) is 6.61 Å². The minimum Gasteiger partial charge on any atom is -0.452 e. The van der Waals surface area contributed by atoms with Crippen molar-refractivity contribution in [3.05, 3.63) is 69.2 Å². The third-order valence-corrected chi connectivity index (χ3v) is 4.53. The molecule has 0 saturated heterocycles. The predicted octanol–water partition coefficient (Wildman–Crippen LogP) is 4.10. The van der Waals surface area contributed by atoms with Gasteiger partial charge in [-0.1, -0.05) is 30.3 Å². The minimum atomic E-state index is -0.531. The fraction of sp³-hybridized carbons (Fsp3) is 0.263. The molecule has 2 aromatic carbocycles. The van der Waals surface area contributed by atoms with Gasteiger partial charge in [0.1, 0.15) is 0 Å². The molecule has 1 unspecified atom stereocenters. The van der Waals surface area contributed by atoms with Crippen molar-refractivity contribution in [1.29, 1.82) is 0 Å². The van der Waals surface area contributed by atoms with E-state index in [1.165, 1.54) is 11.1 Å². The molecular formula is C19H20BrNO3. The minimum absolute atomic E-state index is 0.154. The fourth-order valence-corrected chi connectivity index (χ4v) is 2.68. The second-order valence-corrected chi connectivity index (χ2v) is 6.54. The highest BCUT2D eigenvalue weighted by Crippen LogP contribution is 2.18. The quantitative estimate of drug-likeness (QED) is 0.783. The maximum atomic E-state index is 12.0. The third-order valence-electron chi connectivity index (χ3n) is 3.84. The van der Waals surface area contributed by atoms with Crippen molar-refractivity contribution in [3.8, 4) is 0 Å². The summed E-state index contributed by atoms with van der Waals surface area (Å²) in [7, 11) is 0. The number of esters is 1. The first kappa shape index (κ1) is 18.2. The predicted molar refractivity (Wildman–Crippen MR) is 96.9 cm³/mol. The number of amides is 1. The Morgan fingerprint density at radius 3 is 2.50 bits per heavy atom. The molecule has 0 fully saturated rings. The molecule has 5 heteroatoms. The zero-order chi connectivity index (χ0) is 17.7. The number of aryl methyl sites for hydroxylation is 2. The number of ether oxygens (including phenoxy) is 1. The number of nitrogens with one attached hydrogen (secondary N) is 1. The highest BCUT2D eigenvalue weighted by molar-refractivity contribution is 9.10. The number of carbonyl (C=O) groups is 2. The second kappa shape index (κ2) is 8.11. The van der Waals surface area contributed by atoms with E-state index < -0.39 is 5.97 Å². The molecule has 1 N–H and O–H groups in total. The van der Waals surface area contributed by atoms with Crippen molar-refractivity contribution < 1.29 is 14.3 Å². The molecule has 24 heavy (non-hydrogen) atoms. The third kappa shape index (κ3) is 4.68. The molecular weight excluding hydrogens is 370 g/mol. The Morgan fingerprint density at radius 2 is 1.83 bits per heavy atom. The van der Waals surface area contributed by atoms with Crippen LogP contribution in [-0.2, 0) is 9.53 Å². The summed E-state index contributed by atoms with van der Waals surface area (Å²) in [6.45, 7) is 5.67. The Hall–Kier alpha value is -2.14. The molecule has 0 aliphatic carbocycles. The van der Waals surface area contributed by atoms with Crippen LogP contribution in [0.2, 0.25) is 0 Å². The van der Waals surface area contributed by atoms with Gasteiger partial charge >= 0.3 is 5.97 Å². The van der Waals surface area contributed by atoms with Gasteiger partial charge in [0.2, 0.25) is 0 Å². The van der Waals surface area contributed by atoms with Gasteiger partial charge in [-0.2, -0.15) is 0 Å². The Morgan fingerprint density at radius 1 is 1.12 bits per heavy atom.